The van der Waals surface area contributed by atoms with Gasteiger partial charge in [0.15, 0.2) is 0 Å². The summed E-state index contributed by atoms with van der Waals surface area (Å²) in [5.74, 6) is 0. The SMILES string of the molecule is N=c1nccc2ccon12. The number of aromatic nitrogens is 2. The molecule has 2 aromatic heterocycles. The van der Waals surface area contributed by atoms with Gasteiger partial charge in [0.1, 0.15) is 6.26 Å². The molecule has 0 saturated carbocycles. The zero-order valence-corrected chi connectivity index (χ0v) is 5.11. The maximum Gasteiger partial charge on any atom is 0.256 e. The molecule has 2 rings (SSSR count). The first-order chi connectivity index (χ1) is 4.88. The van der Waals surface area contributed by atoms with Crippen LogP contribution in [0.2, 0.25) is 0 Å². The molecule has 0 atom stereocenters. The van der Waals surface area contributed by atoms with E-state index in [4.69, 9.17) is 9.93 Å². The highest BCUT2D eigenvalue weighted by molar-refractivity contribution is 5.41. The van der Waals surface area contributed by atoms with Gasteiger partial charge in [-0.15, -0.1) is 4.57 Å². The first-order valence-electron chi connectivity index (χ1n) is 2.84. The minimum atomic E-state index is 0.113. The largest absolute Gasteiger partial charge is 0.379 e. The molecule has 0 aromatic carbocycles. The maximum absolute atomic E-state index is 7.24. The number of nitrogens with one attached hydrogen (secondary N) is 1. The van der Waals surface area contributed by atoms with Gasteiger partial charge in [0.25, 0.3) is 5.62 Å². The summed E-state index contributed by atoms with van der Waals surface area (Å²) < 4.78 is 6.26. The smallest absolute Gasteiger partial charge is 0.256 e. The fraction of sp³-hybridized carbons (Fsp3) is 0. The third kappa shape index (κ3) is 0.556. The normalized spacial score (nSPS) is 10.4. The summed E-state index contributed by atoms with van der Waals surface area (Å²) in [7, 11) is 0. The summed E-state index contributed by atoms with van der Waals surface area (Å²) in [6.45, 7) is 0. The highest BCUT2D eigenvalue weighted by Crippen LogP contribution is 1.96. The molecule has 0 aliphatic rings. The van der Waals surface area contributed by atoms with Gasteiger partial charge in [-0.3, -0.25) is 5.41 Å². The van der Waals surface area contributed by atoms with E-state index in [9.17, 15) is 0 Å². The van der Waals surface area contributed by atoms with Crippen molar-refractivity contribution in [2.45, 2.75) is 0 Å². The van der Waals surface area contributed by atoms with Crippen LogP contribution in [0.15, 0.2) is 29.1 Å². The first-order valence-corrected chi connectivity index (χ1v) is 2.84. The Balaban J connectivity index is 3.09. The quantitative estimate of drug-likeness (QED) is 0.568. The van der Waals surface area contributed by atoms with Crippen molar-refractivity contribution in [1.29, 1.82) is 5.41 Å². The molecule has 0 radical (unpaired) electrons. The second-order valence-electron chi connectivity index (χ2n) is 1.90. The van der Waals surface area contributed by atoms with Gasteiger partial charge >= 0.3 is 0 Å². The maximum atomic E-state index is 7.24. The van der Waals surface area contributed by atoms with E-state index in [0.29, 0.717) is 0 Å². The van der Waals surface area contributed by atoms with Gasteiger partial charge in [-0.05, 0) is 6.07 Å². The fourth-order valence-corrected chi connectivity index (χ4v) is 0.822. The van der Waals surface area contributed by atoms with Crippen molar-refractivity contribution in [3.05, 3.63) is 30.2 Å². The Morgan fingerprint density at radius 2 is 2.40 bits per heavy atom. The van der Waals surface area contributed by atoms with E-state index < -0.39 is 0 Å². The van der Waals surface area contributed by atoms with E-state index >= 15 is 0 Å². The van der Waals surface area contributed by atoms with Gasteiger partial charge in [0.2, 0.25) is 0 Å². The van der Waals surface area contributed by atoms with Crippen LogP contribution in [-0.2, 0) is 0 Å². The lowest BCUT2D eigenvalue weighted by atomic mass is 10.5. The minimum absolute atomic E-state index is 0.113. The molecule has 1 N–H and O–H groups in total. The monoisotopic (exact) mass is 135 g/mol. The van der Waals surface area contributed by atoms with Crippen molar-refractivity contribution < 1.29 is 4.52 Å². The molecule has 0 aliphatic carbocycles. The summed E-state index contributed by atoms with van der Waals surface area (Å²) >= 11 is 0. The van der Waals surface area contributed by atoms with Crippen LogP contribution in [0.3, 0.4) is 0 Å². The van der Waals surface area contributed by atoms with Crippen molar-refractivity contribution >= 4 is 5.52 Å². The van der Waals surface area contributed by atoms with Crippen LogP contribution in [0.4, 0.5) is 0 Å². The third-order valence-corrected chi connectivity index (χ3v) is 1.27. The van der Waals surface area contributed by atoms with Crippen molar-refractivity contribution in [2.75, 3.05) is 0 Å². The Hall–Kier alpha value is -1.58. The summed E-state index contributed by atoms with van der Waals surface area (Å²) in [5, 5.41) is 7.24. The summed E-state index contributed by atoms with van der Waals surface area (Å²) in [4.78, 5) is 3.72. The topological polar surface area (TPSA) is 54.3 Å². The van der Waals surface area contributed by atoms with Gasteiger partial charge in [-0.25, -0.2) is 4.98 Å². The average molecular weight is 135 g/mol. The molecular formula is C6H5N3O. The van der Waals surface area contributed by atoms with Gasteiger partial charge in [-0.2, -0.15) is 0 Å². The predicted molar refractivity (Wildman–Crippen MR) is 33.3 cm³/mol. The van der Waals surface area contributed by atoms with Crippen molar-refractivity contribution in [3.63, 3.8) is 0 Å². The Bertz CT molecular complexity index is 400. The predicted octanol–water partition coefficient (Wildman–Crippen LogP) is 0.407. The van der Waals surface area contributed by atoms with Gasteiger partial charge in [-0.1, -0.05) is 0 Å². The molecule has 10 heavy (non-hydrogen) atoms. The van der Waals surface area contributed by atoms with Crippen LogP contribution in [0.5, 0.6) is 0 Å². The number of hydrogen-bond acceptors (Lipinski definition) is 3. The lowest BCUT2D eigenvalue weighted by Crippen LogP contribution is -2.13. The van der Waals surface area contributed by atoms with Crippen molar-refractivity contribution in [2.24, 2.45) is 0 Å². The fourth-order valence-electron chi connectivity index (χ4n) is 0.822. The van der Waals surface area contributed by atoms with E-state index in [1.807, 2.05) is 0 Å². The second kappa shape index (κ2) is 1.70. The van der Waals surface area contributed by atoms with Gasteiger partial charge in [0, 0.05) is 12.3 Å². The van der Waals surface area contributed by atoms with Crippen LogP contribution in [-0.4, -0.2) is 9.56 Å². The molecule has 0 amide bonds. The molecule has 4 nitrogen and oxygen atoms in total. The van der Waals surface area contributed by atoms with Crippen LogP contribution in [0.25, 0.3) is 5.52 Å². The highest BCUT2D eigenvalue weighted by Gasteiger charge is 1.92. The molecule has 2 aromatic rings. The Kier molecular flexibility index (Phi) is 0.887. The molecule has 2 heterocycles. The van der Waals surface area contributed by atoms with E-state index in [2.05, 4.69) is 4.98 Å². The highest BCUT2D eigenvalue weighted by atomic mass is 16.5. The minimum Gasteiger partial charge on any atom is -0.379 e. The molecule has 0 unspecified atom stereocenters. The summed E-state index contributed by atoms with van der Waals surface area (Å²) in [6.07, 6.45) is 3.10. The number of nitrogens with zero attached hydrogens (tertiary/aromatic N) is 2. The second-order valence-corrected chi connectivity index (χ2v) is 1.90. The first kappa shape index (κ1) is 5.22. The van der Waals surface area contributed by atoms with E-state index in [-0.39, 0.29) is 5.62 Å². The number of hydrogen-bond donors (Lipinski definition) is 1. The van der Waals surface area contributed by atoms with E-state index in [0.717, 1.165) is 5.52 Å². The molecule has 0 fully saturated rings. The number of rotatable bonds is 0. The Morgan fingerprint density at radius 3 is 3.20 bits per heavy atom. The lowest BCUT2D eigenvalue weighted by molar-refractivity contribution is 0.354. The van der Waals surface area contributed by atoms with Crippen LogP contribution in [0, 0.1) is 5.41 Å². The van der Waals surface area contributed by atoms with E-state index in [1.165, 1.54) is 10.8 Å². The van der Waals surface area contributed by atoms with Crippen LogP contribution in [0.1, 0.15) is 0 Å². The Labute approximate surface area is 56.2 Å². The zero-order chi connectivity index (χ0) is 6.97. The molecule has 50 valence electrons. The molecule has 0 spiro atoms. The van der Waals surface area contributed by atoms with Crippen LogP contribution >= 0.6 is 0 Å². The summed E-state index contributed by atoms with van der Waals surface area (Å²) in [6, 6.07) is 3.56. The van der Waals surface area contributed by atoms with E-state index in [1.54, 1.807) is 18.3 Å². The molecule has 0 saturated heterocycles. The van der Waals surface area contributed by atoms with Crippen LogP contribution < -0.4 is 5.62 Å². The van der Waals surface area contributed by atoms with Gasteiger partial charge < -0.3 is 4.52 Å². The Morgan fingerprint density at radius 1 is 1.50 bits per heavy atom. The third-order valence-electron chi connectivity index (χ3n) is 1.27. The standard InChI is InChI=1S/C6H5N3O/c7-6-8-3-1-5-2-4-10-9(5)6/h1-4,7H. The molecule has 0 aliphatic heterocycles. The number of fused-ring (bicyclic) bond motifs is 1. The molecule has 0 bridgehead atoms. The molecular weight excluding hydrogens is 130 g/mol. The zero-order valence-electron chi connectivity index (χ0n) is 5.11. The average Bonchev–Trinajstić information content (AvgIpc) is 2.36. The lowest BCUT2D eigenvalue weighted by Gasteiger charge is -1.87. The van der Waals surface area contributed by atoms with Gasteiger partial charge in [0.05, 0.1) is 5.52 Å². The molecule has 4 heteroatoms. The van der Waals surface area contributed by atoms with Crippen molar-refractivity contribution in [1.82, 2.24) is 9.56 Å². The van der Waals surface area contributed by atoms with Crippen molar-refractivity contribution in [3.8, 4) is 0 Å². The summed E-state index contributed by atoms with van der Waals surface area (Å²) in [5.41, 5.74) is 0.961.